The quantitative estimate of drug-likeness (QED) is 0.884. The largest absolute Gasteiger partial charge is 0.483 e. The molecule has 1 N–H and O–H groups in total. The third-order valence-electron chi connectivity index (χ3n) is 3.40. The second kappa shape index (κ2) is 6.53. The lowest BCUT2D eigenvalue weighted by molar-refractivity contribution is -0.134. The van der Waals surface area contributed by atoms with Crippen molar-refractivity contribution in [2.75, 3.05) is 39.8 Å². The van der Waals surface area contributed by atoms with Crippen molar-refractivity contribution >= 4 is 11.9 Å². The number of piperazine rings is 1. The molecular weight excluding hydrogens is 279 g/mol. The van der Waals surface area contributed by atoms with Gasteiger partial charge in [-0.15, -0.1) is 0 Å². The van der Waals surface area contributed by atoms with Gasteiger partial charge in [-0.1, -0.05) is 6.07 Å². The van der Waals surface area contributed by atoms with Crippen molar-refractivity contribution in [2.45, 2.75) is 0 Å². The predicted octanol–water partition coefficient (Wildman–Crippen LogP) is 0.677. The Morgan fingerprint density at radius 2 is 1.95 bits per heavy atom. The Bertz CT molecular complexity index is 542. The summed E-state index contributed by atoms with van der Waals surface area (Å²) in [6, 6.07) is 3.72. The maximum Gasteiger partial charge on any atom is 0.342 e. The lowest BCUT2D eigenvalue weighted by atomic mass is 10.2. The molecule has 0 unspecified atom stereocenters. The van der Waals surface area contributed by atoms with Gasteiger partial charge in [-0.05, 0) is 19.2 Å². The number of ether oxygens (including phenoxy) is 1. The Labute approximate surface area is 121 Å². The zero-order valence-electron chi connectivity index (χ0n) is 11.7. The Kier molecular flexibility index (Phi) is 4.74. The summed E-state index contributed by atoms with van der Waals surface area (Å²) in [4.78, 5) is 26.8. The number of nitrogens with zero attached hydrogens (tertiary/aromatic N) is 2. The maximum atomic E-state index is 13.5. The molecule has 0 radical (unpaired) electrons. The number of carbonyl (C=O) groups excluding carboxylic acids is 1. The summed E-state index contributed by atoms with van der Waals surface area (Å²) in [5.74, 6) is -2.67. The van der Waals surface area contributed by atoms with E-state index in [0.29, 0.717) is 13.1 Å². The molecular formula is C14H17FN2O4. The predicted molar refractivity (Wildman–Crippen MR) is 72.9 cm³/mol. The lowest BCUT2D eigenvalue weighted by Gasteiger charge is -2.32. The fourth-order valence-electron chi connectivity index (χ4n) is 2.12. The number of amides is 1. The highest BCUT2D eigenvalue weighted by Crippen LogP contribution is 2.21. The zero-order chi connectivity index (χ0) is 15.4. The van der Waals surface area contributed by atoms with Gasteiger partial charge in [0.05, 0.1) is 0 Å². The molecule has 0 bridgehead atoms. The lowest BCUT2D eigenvalue weighted by Crippen LogP contribution is -2.48. The second-order valence-electron chi connectivity index (χ2n) is 4.89. The smallest absolute Gasteiger partial charge is 0.342 e. The van der Waals surface area contributed by atoms with Crippen LogP contribution in [0.2, 0.25) is 0 Å². The van der Waals surface area contributed by atoms with Crippen LogP contribution in [0.15, 0.2) is 18.2 Å². The number of halogens is 1. The highest BCUT2D eigenvalue weighted by molar-refractivity contribution is 5.91. The summed E-state index contributed by atoms with van der Waals surface area (Å²) in [6.45, 7) is 2.48. The first kappa shape index (κ1) is 15.2. The third-order valence-corrected chi connectivity index (χ3v) is 3.40. The fraction of sp³-hybridized carbons (Fsp3) is 0.429. The fourth-order valence-corrected chi connectivity index (χ4v) is 2.12. The molecule has 1 aromatic rings. The summed E-state index contributed by atoms with van der Waals surface area (Å²) >= 11 is 0. The van der Waals surface area contributed by atoms with Crippen molar-refractivity contribution in [3.63, 3.8) is 0 Å². The second-order valence-corrected chi connectivity index (χ2v) is 4.89. The topological polar surface area (TPSA) is 70.1 Å². The Morgan fingerprint density at radius 3 is 2.57 bits per heavy atom. The van der Waals surface area contributed by atoms with Gasteiger partial charge in [0.1, 0.15) is 17.1 Å². The minimum absolute atomic E-state index is 0.134. The van der Waals surface area contributed by atoms with Gasteiger partial charge in [0.15, 0.2) is 6.61 Å². The van der Waals surface area contributed by atoms with E-state index in [1.807, 2.05) is 7.05 Å². The number of benzene rings is 1. The number of carbonyl (C=O) groups is 2. The van der Waals surface area contributed by atoms with Crippen LogP contribution in [0.1, 0.15) is 10.4 Å². The Balaban J connectivity index is 1.98. The van der Waals surface area contributed by atoms with E-state index < -0.39 is 17.3 Å². The number of aromatic carboxylic acids is 1. The first-order chi connectivity index (χ1) is 9.99. The summed E-state index contributed by atoms with van der Waals surface area (Å²) in [6.07, 6.45) is 0. The molecule has 0 aliphatic carbocycles. The van der Waals surface area contributed by atoms with Crippen LogP contribution in [-0.4, -0.2) is 66.6 Å². The number of likely N-dealkylation sites (N-methyl/N-ethyl adjacent to an activating group) is 1. The van der Waals surface area contributed by atoms with Gasteiger partial charge >= 0.3 is 5.97 Å². The average molecular weight is 296 g/mol. The minimum atomic E-state index is -1.42. The van der Waals surface area contributed by atoms with Crippen molar-refractivity contribution in [1.82, 2.24) is 9.80 Å². The van der Waals surface area contributed by atoms with E-state index in [-0.39, 0.29) is 18.3 Å². The molecule has 0 saturated carbocycles. The molecule has 1 aliphatic heterocycles. The molecule has 1 amide bonds. The summed E-state index contributed by atoms with van der Waals surface area (Å²) in [5, 5.41) is 8.97. The first-order valence-electron chi connectivity index (χ1n) is 6.60. The van der Waals surface area contributed by atoms with E-state index in [2.05, 4.69) is 4.90 Å². The molecule has 1 aromatic carbocycles. The molecule has 0 spiro atoms. The maximum absolute atomic E-state index is 13.5. The molecule has 1 fully saturated rings. The van der Waals surface area contributed by atoms with Crippen LogP contribution >= 0.6 is 0 Å². The van der Waals surface area contributed by atoms with Gasteiger partial charge in [0.25, 0.3) is 5.91 Å². The van der Waals surface area contributed by atoms with E-state index in [1.54, 1.807) is 4.90 Å². The van der Waals surface area contributed by atoms with Crippen LogP contribution < -0.4 is 4.74 Å². The summed E-state index contributed by atoms with van der Waals surface area (Å²) in [5.41, 5.74) is -0.552. The summed E-state index contributed by atoms with van der Waals surface area (Å²) in [7, 11) is 1.98. The van der Waals surface area contributed by atoms with Crippen molar-refractivity contribution in [2.24, 2.45) is 0 Å². The van der Waals surface area contributed by atoms with Crippen molar-refractivity contribution in [1.29, 1.82) is 0 Å². The Hall–Kier alpha value is -2.15. The normalized spacial score (nSPS) is 15.8. The van der Waals surface area contributed by atoms with E-state index in [9.17, 15) is 14.0 Å². The molecule has 1 saturated heterocycles. The SMILES string of the molecule is CN1CCN(C(=O)COc2cccc(F)c2C(=O)O)CC1. The molecule has 21 heavy (non-hydrogen) atoms. The van der Waals surface area contributed by atoms with E-state index in [1.165, 1.54) is 12.1 Å². The molecule has 1 heterocycles. The third kappa shape index (κ3) is 3.69. The van der Waals surface area contributed by atoms with Crippen LogP contribution in [0.3, 0.4) is 0 Å². The van der Waals surface area contributed by atoms with Gasteiger partial charge in [-0.25, -0.2) is 9.18 Å². The van der Waals surface area contributed by atoms with Crippen molar-refractivity contribution < 1.29 is 23.8 Å². The van der Waals surface area contributed by atoms with Gasteiger partial charge in [0.2, 0.25) is 0 Å². The molecule has 7 heteroatoms. The van der Waals surface area contributed by atoms with Crippen LogP contribution in [0.4, 0.5) is 4.39 Å². The zero-order valence-corrected chi connectivity index (χ0v) is 11.7. The number of rotatable bonds is 4. The van der Waals surface area contributed by atoms with Gasteiger partial charge in [-0.2, -0.15) is 0 Å². The van der Waals surface area contributed by atoms with Gasteiger partial charge < -0.3 is 19.6 Å². The number of carboxylic acid groups (broad SMARTS) is 1. The Morgan fingerprint density at radius 1 is 1.29 bits per heavy atom. The van der Waals surface area contributed by atoms with E-state index >= 15 is 0 Å². The van der Waals surface area contributed by atoms with Crippen LogP contribution in [0.25, 0.3) is 0 Å². The molecule has 0 aromatic heterocycles. The average Bonchev–Trinajstić information content (AvgIpc) is 2.45. The monoisotopic (exact) mass is 296 g/mol. The highest BCUT2D eigenvalue weighted by atomic mass is 19.1. The van der Waals surface area contributed by atoms with Crippen molar-refractivity contribution in [3.8, 4) is 5.75 Å². The first-order valence-corrected chi connectivity index (χ1v) is 6.60. The van der Waals surface area contributed by atoms with Gasteiger partial charge in [0, 0.05) is 26.2 Å². The standard InChI is InChI=1S/C14H17FN2O4/c1-16-5-7-17(8-6-16)12(18)9-21-11-4-2-3-10(15)13(11)14(19)20/h2-4H,5-9H2,1H3,(H,19,20). The van der Waals surface area contributed by atoms with Crippen LogP contribution in [-0.2, 0) is 4.79 Å². The molecule has 6 nitrogen and oxygen atoms in total. The number of hydrogen-bond acceptors (Lipinski definition) is 4. The van der Waals surface area contributed by atoms with Gasteiger partial charge in [-0.3, -0.25) is 4.79 Å². The highest BCUT2D eigenvalue weighted by Gasteiger charge is 2.21. The van der Waals surface area contributed by atoms with E-state index in [4.69, 9.17) is 9.84 Å². The molecule has 0 atom stereocenters. The van der Waals surface area contributed by atoms with Crippen molar-refractivity contribution in [3.05, 3.63) is 29.6 Å². The van der Waals surface area contributed by atoms with E-state index in [0.717, 1.165) is 19.2 Å². The molecule has 1 aliphatic rings. The van der Waals surface area contributed by atoms with Crippen LogP contribution in [0, 0.1) is 5.82 Å². The van der Waals surface area contributed by atoms with Crippen LogP contribution in [0.5, 0.6) is 5.75 Å². The minimum Gasteiger partial charge on any atom is -0.483 e. The number of carboxylic acids is 1. The molecule has 114 valence electrons. The number of hydrogen-bond donors (Lipinski definition) is 1. The summed E-state index contributed by atoms with van der Waals surface area (Å²) < 4.78 is 18.7. The molecule has 2 rings (SSSR count).